The van der Waals surface area contributed by atoms with Gasteiger partial charge in [0.15, 0.2) is 0 Å². The summed E-state index contributed by atoms with van der Waals surface area (Å²) in [6, 6.07) is 21.8. The molecule has 0 heterocycles. The Morgan fingerprint density at radius 1 is 0.815 bits per heavy atom. The first-order valence-electron chi connectivity index (χ1n) is 9.78. The fraction of sp³-hybridized carbons (Fsp3) is 0.185. The zero-order valence-corrected chi connectivity index (χ0v) is 16.3. The van der Waals surface area contributed by atoms with Gasteiger partial charge in [-0.25, -0.2) is 0 Å². The van der Waals surface area contributed by atoms with E-state index < -0.39 is 0 Å². The van der Waals surface area contributed by atoms with Crippen molar-refractivity contribution in [1.29, 1.82) is 0 Å². The first-order chi connectivity index (χ1) is 13.3. The van der Waals surface area contributed by atoms with Crippen molar-refractivity contribution in [3.05, 3.63) is 132 Å². The van der Waals surface area contributed by atoms with E-state index in [1.807, 2.05) is 0 Å². The smallest absolute Gasteiger partial charge is 0.0698 e. The molecule has 0 unspecified atom stereocenters. The van der Waals surface area contributed by atoms with Gasteiger partial charge in [-0.1, -0.05) is 109 Å². The topological polar surface area (TPSA) is 0 Å². The minimum atomic E-state index is -0.328. The molecule has 1 aliphatic carbocycles. The highest BCUT2D eigenvalue weighted by Gasteiger charge is 2.39. The van der Waals surface area contributed by atoms with E-state index in [1.165, 1.54) is 22.3 Å². The molecular formula is C27H28. The second-order valence-corrected chi connectivity index (χ2v) is 6.77. The van der Waals surface area contributed by atoms with Crippen molar-refractivity contribution < 1.29 is 0 Å². The van der Waals surface area contributed by atoms with Crippen LogP contribution in [0.5, 0.6) is 0 Å². The summed E-state index contributed by atoms with van der Waals surface area (Å²) in [5.41, 5.74) is 4.88. The maximum Gasteiger partial charge on any atom is 0.0698 e. The summed E-state index contributed by atoms with van der Waals surface area (Å²) >= 11 is 0. The SMILES string of the molecule is C\C=C/C=C(\C=C/C)C(C1=CCCC=C1)(c1ccccc1)c1ccccc1. The van der Waals surface area contributed by atoms with Crippen LogP contribution in [0.25, 0.3) is 0 Å². The molecule has 2 aromatic rings. The molecule has 136 valence electrons. The van der Waals surface area contributed by atoms with Gasteiger partial charge in [0.05, 0.1) is 5.41 Å². The van der Waals surface area contributed by atoms with Crippen LogP contribution >= 0.6 is 0 Å². The van der Waals surface area contributed by atoms with Crippen LogP contribution in [0.4, 0.5) is 0 Å². The minimum Gasteiger partial charge on any atom is -0.0877 e. The van der Waals surface area contributed by atoms with Crippen LogP contribution in [-0.4, -0.2) is 0 Å². The summed E-state index contributed by atoms with van der Waals surface area (Å²) in [7, 11) is 0. The minimum absolute atomic E-state index is 0.328. The van der Waals surface area contributed by atoms with Crippen molar-refractivity contribution in [1.82, 2.24) is 0 Å². The second-order valence-electron chi connectivity index (χ2n) is 6.77. The predicted molar refractivity (Wildman–Crippen MR) is 118 cm³/mol. The van der Waals surface area contributed by atoms with Gasteiger partial charge in [0.2, 0.25) is 0 Å². The normalized spacial score (nSPS) is 15.5. The summed E-state index contributed by atoms with van der Waals surface area (Å²) in [4.78, 5) is 0. The molecule has 0 heteroatoms. The van der Waals surface area contributed by atoms with Crippen LogP contribution in [0.2, 0.25) is 0 Å². The average molecular weight is 353 g/mol. The number of allylic oxidation sites excluding steroid dienone is 10. The van der Waals surface area contributed by atoms with Gasteiger partial charge in [0, 0.05) is 0 Å². The van der Waals surface area contributed by atoms with E-state index in [4.69, 9.17) is 0 Å². The summed E-state index contributed by atoms with van der Waals surface area (Å²) in [5, 5.41) is 0. The molecule has 0 radical (unpaired) electrons. The van der Waals surface area contributed by atoms with Crippen LogP contribution in [0.3, 0.4) is 0 Å². The van der Waals surface area contributed by atoms with E-state index in [0.717, 1.165) is 12.8 Å². The van der Waals surface area contributed by atoms with Gasteiger partial charge in [-0.2, -0.15) is 0 Å². The van der Waals surface area contributed by atoms with Gasteiger partial charge < -0.3 is 0 Å². The quantitative estimate of drug-likeness (QED) is 0.477. The zero-order valence-electron chi connectivity index (χ0n) is 16.3. The Kier molecular flexibility index (Phi) is 6.44. The molecule has 0 spiro atoms. The Labute approximate surface area is 164 Å². The lowest BCUT2D eigenvalue weighted by Crippen LogP contribution is -2.32. The molecule has 0 saturated heterocycles. The number of hydrogen-bond acceptors (Lipinski definition) is 0. The molecule has 27 heavy (non-hydrogen) atoms. The van der Waals surface area contributed by atoms with Crippen molar-refractivity contribution in [2.45, 2.75) is 32.1 Å². The Morgan fingerprint density at radius 3 is 1.93 bits per heavy atom. The maximum atomic E-state index is 2.41. The molecule has 0 fully saturated rings. The molecule has 0 N–H and O–H groups in total. The Balaban J connectivity index is 2.42. The molecule has 0 nitrogen and oxygen atoms in total. The summed E-state index contributed by atoms with van der Waals surface area (Å²) < 4.78 is 0. The van der Waals surface area contributed by atoms with E-state index in [0.29, 0.717) is 0 Å². The maximum absolute atomic E-state index is 2.41. The van der Waals surface area contributed by atoms with Crippen LogP contribution in [0.15, 0.2) is 120 Å². The molecule has 0 amide bonds. The Morgan fingerprint density at radius 2 is 1.44 bits per heavy atom. The molecule has 2 aromatic carbocycles. The summed E-state index contributed by atoms with van der Waals surface area (Å²) in [6.45, 7) is 4.16. The average Bonchev–Trinajstić information content (AvgIpc) is 2.75. The third-order valence-electron chi connectivity index (χ3n) is 5.09. The summed E-state index contributed by atoms with van der Waals surface area (Å²) in [5.74, 6) is 0. The van der Waals surface area contributed by atoms with Crippen LogP contribution in [0, 0.1) is 0 Å². The number of benzene rings is 2. The highest BCUT2D eigenvalue weighted by molar-refractivity contribution is 5.63. The lowest BCUT2D eigenvalue weighted by atomic mass is 9.63. The first kappa shape index (κ1) is 18.9. The van der Waals surface area contributed by atoms with E-state index in [-0.39, 0.29) is 5.41 Å². The van der Waals surface area contributed by atoms with E-state index in [9.17, 15) is 0 Å². The standard InChI is InChI=1S/C27H28/c1-3-5-16-23(15-4-2)27(24-17-9-6-10-18-24,25-19-11-7-12-20-25)26-21-13-8-14-22-26/h3-7,9-13,15-22H,8,14H2,1-2H3/b5-3-,15-4-,23-16+. The molecule has 3 rings (SSSR count). The highest BCUT2D eigenvalue weighted by Crippen LogP contribution is 2.47. The molecule has 1 aliphatic rings. The fourth-order valence-electron chi connectivity index (χ4n) is 3.95. The van der Waals surface area contributed by atoms with Crippen molar-refractivity contribution >= 4 is 0 Å². The Hall–Kier alpha value is -2.86. The third kappa shape index (κ3) is 3.80. The van der Waals surface area contributed by atoms with Gasteiger partial charge >= 0.3 is 0 Å². The lowest BCUT2D eigenvalue weighted by Gasteiger charge is -2.39. The van der Waals surface area contributed by atoms with Gasteiger partial charge in [-0.3, -0.25) is 0 Å². The van der Waals surface area contributed by atoms with Crippen LogP contribution in [-0.2, 0) is 5.41 Å². The Bertz CT molecular complexity index is 835. The fourth-order valence-corrected chi connectivity index (χ4v) is 3.95. The number of hydrogen-bond donors (Lipinski definition) is 0. The van der Waals surface area contributed by atoms with Crippen molar-refractivity contribution in [2.24, 2.45) is 0 Å². The second kappa shape index (κ2) is 9.19. The third-order valence-corrected chi connectivity index (χ3v) is 5.09. The van der Waals surface area contributed by atoms with Crippen molar-refractivity contribution in [3.8, 4) is 0 Å². The van der Waals surface area contributed by atoms with E-state index in [1.54, 1.807) is 0 Å². The molecule has 0 aliphatic heterocycles. The predicted octanol–water partition coefficient (Wildman–Crippen LogP) is 7.33. The number of rotatable bonds is 6. The first-order valence-corrected chi connectivity index (χ1v) is 9.78. The van der Waals surface area contributed by atoms with Crippen LogP contribution in [0.1, 0.15) is 37.8 Å². The zero-order chi connectivity index (χ0) is 19.0. The molecule has 0 saturated carbocycles. The van der Waals surface area contributed by atoms with E-state index >= 15 is 0 Å². The monoisotopic (exact) mass is 352 g/mol. The van der Waals surface area contributed by atoms with Gasteiger partial charge in [0.25, 0.3) is 0 Å². The largest absolute Gasteiger partial charge is 0.0877 e. The van der Waals surface area contributed by atoms with Gasteiger partial charge in [-0.05, 0) is 49.0 Å². The van der Waals surface area contributed by atoms with Gasteiger partial charge in [0.1, 0.15) is 0 Å². The summed E-state index contributed by atoms with van der Waals surface area (Å²) in [6.07, 6.45) is 20.1. The van der Waals surface area contributed by atoms with Gasteiger partial charge in [-0.15, -0.1) is 0 Å². The molecule has 0 atom stereocenters. The van der Waals surface area contributed by atoms with E-state index in [2.05, 4.69) is 123 Å². The lowest BCUT2D eigenvalue weighted by molar-refractivity contribution is 0.729. The molecule has 0 bridgehead atoms. The van der Waals surface area contributed by atoms with Crippen molar-refractivity contribution in [3.63, 3.8) is 0 Å². The molecular weight excluding hydrogens is 324 g/mol. The van der Waals surface area contributed by atoms with Crippen molar-refractivity contribution in [2.75, 3.05) is 0 Å². The van der Waals surface area contributed by atoms with Crippen LogP contribution < -0.4 is 0 Å². The highest BCUT2D eigenvalue weighted by atomic mass is 14.4. The molecule has 0 aromatic heterocycles.